The van der Waals surface area contributed by atoms with Gasteiger partial charge in [-0.2, -0.15) is 4.68 Å². The first-order chi connectivity index (χ1) is 14.7. The predicted molar refractivity (Wildman–Crippen MR) is 109 cm³/mol. The Balaban J connectivity index is 1.43. The van der Waals surface area contributed by atoms with E-state index in [1.54, 1.807) is 50.6 Å². The SMILES string of the molecule is COc1cc(OC)cc(-n2nnnc2SCC(=O)Nc2ccc3c(c2)OCCO3)c1. The number of ether oxygens (including phenoxy) is 4. The number of hydrogen-bond acceptors (Lipinski definition) is 9. The summed E-state index contributed by atoms with van der Waals surface area (Å²) in [4.78, 5) is 12.4. The Kier molecular flexibility index (Phi) is 5.89. The van der Waals surface area contributed by atoms with E-state index >= 15 is 0 Å². The van der Waals surface area contributed by atoms with Gasteiger partial charge in [0, 0.05) is 30.0 Å². The Hall–Kier alpha value is -3.47. The summed E-state index contributed by atoms with van der Waals surface area (Å²) in [6.07, 6.45) is 0. The second kappa shape index (κ2) is 8.91. The number of rotatable bonds is 7. The van der Waals surface area contributed by atoms with Crippen LogP contribution in [0.15, 0.2) is 41.6 Å². The summed E-state index contributed by atoms with van der Waals surface area (Å²) in [6.45, 7) is 1.00. The van der Waals surface area contributed by atoms with Crippen molar-refractivity contribution in [1.82, 2.24) is 20.2 Å². The fourth-order valence-electron chi connectivity index (χ4n) is 2.79. The fourth-order valence-corrected chi connectivity index (χ4v) is 3.48. The zero-order valence-electron chi connectivity index (χ0n) is 16.3. The number of nitrogens with zero attached hydrogens (tertiary/aromatic N) is 4. The number of benzene rings is 2. The lowest BCUT2D eigenvalue weighted by atomic mass is 10.2. The van der Waals surface area contributed by atoms with Crippen LogP contribution in [-0.4, -0.2) is 59.3 Å². The molecule has 0 fully saturated rings. The topological polar surface area (TPSA) is 110 Å². The van der Waals surface area contributed by atoms with E-state index in [-0.39, 0.29) is 11.7 Å². The molecule has 0 atom stereocenters. The van der Waals surface area contributed by atoms with Gasteiger partial charge in [0.25, 0.3) is 0 Å². The first-order valence-electron chi connectivity index (χ1n) is 9.00. The Morgan fingerprint density at radius 3 is 2.57 bits per heavy atom. The summed E-state index contributed by atoms with van der Waals surface area (Å²) >= 11 is 1.21. The van der Waals surface area contributed by atoms with Crippen molar-refractivity contribution in [3.8, 4) is 28.7 Å². The minimum Gasteiger partial charge on any atom is -0.497 e. The largest absolute Gasteiger partial charge is 0.497 e. The molecule has 3 aromatic rings. The monoisotopic (exact) mass is 429 g/mol. The van der Waals surface area contributed by atoms with Crippen molar-refractivity contribution in [2.24, 2.45) is 0 Å². The number of carbonyl (C=O) groups excluding carboxylic acids is 1. The van der Waals surface area contributed by atoms with Crippen LogP contribution in [0.25, 0.3) is 5.69 Å². The summed E-state index contributed by atoms with van der Waals surface area (Å²) in [5.41, 5.74) is 1.29. The third-order valence-corrected chi connectivity index (χ3v) is 5.10. The van der Waals surface area contributed by atoms with Crippen LogP contribution in [0.2, 0.25) is 0 Å². The van der Waals surface area contributed by atoms with E-state index in [4.69, 9.17) is 18.9 Å². The lowest BCUT2D eigenvalue weighted by Gasteiger charge is -2.18. The number of aromatic nitrogens is 4. The zero-order valence-corrected chi connectivity index (χ0v) is 17.1. The van der Waals surface area contributed by atoms with E-state index in [0.717, 1.165) is 0 Å². The van der Waals surface area contributed by atoms with Gasteiger partial charge in [0.05, 0.1) is 25.7 Å². The van der Waals surface area contributed by atoms with Gasteiger partial charge < -0.3 is 24.3 Å². The first kappa shape index (κ1) is 19.8. The lowest BCUT2D eigenvalue weighted by Crippen LogP contribution is -2.17. The van der Waals surface area contributed by atoms with Gasteiger partial charge in [-0.3, -0.25) is 4.79 Å². The van der Waals surface area contributed by atoms with Crippen LogP contribution in [0.5, 0.6) is 23.0 Å². The summed E-state index contributed by atoms with van der Waals surface area (Å²) in [7, 11) is 3.13. The smallest absolute Gasteiger partial charge is 0.234 e. The summed E-state index contributed by atoms with van der Waals surface area (Å²) in [6, 6.07) is 10.6. The molecule has 1 aliphatic rings. The van der Waals surface area contributed by atoms with Crippen molar-refractivity contribution in [1.29, 1.82) is 0 Å². The molecule has 156 valence electrons. The van der Waals surface area contributed by atoms with Crippen LogP contribution >= 0.6 is 11.8 Å². The van der Waals surface area contributed by atoms with Crippen LogP contribution in [0, 0.1) is 0 Å². The number of amides is 1. The molecular formula is C19H19N5O5S. The van der Waals surface area contributed by atoms with Gasteiger partial charge in [-0.05, 0) is 22.6 Å². The predicted octanol–water partition coefficient (Wildman–Crippen LogP) is 2.18. The Labute approximate surface area is 176 Å². The lowest BCUT2D eigenvalue weighted by molar-refractivity contribution is -0.113. The van der Waals surface area contributed by atoms with E-state index in [2.05, 4.69) is 20.8 Å². The molecule has 0 spiro atoms. The quantitative estimate of drug-likeness (QED) is 0.565. The normalized spacial score (nSPS) is 12.3. The van der Waals surface area contributed by atoms with Gasteiger partial charge in [0.2, 0.25) is 11.1 Å². The van der Waals surface area contributed by atoms with Crippen LogP contribution in [-0.2, 0) is 4.79 Å². The van der Waals surface area contributed by atoms with Crippen molar-refractivity contribution >= 4 is 23.4 Å². The molecule has 2 heterocycles. The van der Waals surface area contributed by atoms with Crippen molar-refractivity contribution in [3.05, 3.63) is 36.4 Å². The molecule has 0 unspecified atom stereocenters. The molecule has 0 bridgehead atoms. The van der Waals surface area contributed by atoms with Gasteiger partial charge in [-0.15, -0.1) is 5.10 Å². The molecule has 0 radical (unpaired) electrons. The van der Waals surface area contributed by atoms with Crippen LogP contribution in [0.3, 0.4) is 0 Å². The first-order valence-corrected chi connectivity index (χ1v) is 9.99. The van der Waals surface area contributed by atoms with E-state index in [1.165, 1.54) is 16.4 Å². The van der Waals surface area contributed by atoms with Gasteiger partial charge in [0.1, 0.15) is 24.7 Å². The minimum atomic E-state index is -0.200. The molecule has 0 saturated heterocycles. The Bertz CT molecular complexity index is 1040. The van der Waals surface area contributed by atoms with Crippen molar-refractivity contribution in [2.75, 3.05) is 38.5 Å². The van der Waals surface area contributed by atoms with Crippen LogP contribution in [0.1, 0.15) is 0 Å². The molecule has 0 saturated carbocycles. The maximum Gasteiger partial charge on any atom is 0.234 e. The number of anilines is 1. The number of hydrogen-bond donors (Lipinski definition) is 1. The molecule has 1 N–H and O–H groups in total. The highest BCUT2D eigenvalue weighted by Crippen LogP contribution is 2.33. The van der Waals surface area contributed by atoms with Crippen molar-refractivity contribution in [2.45, 2.75) is 5.16 Å². The van der Waals surface area contributed by atoms with E-state index in [1.807, 2.05) is 0 Å². The number of nitrogens with one attached hydrogen (secondary N) is 1. The highest BCUT2D eigenvalue weighted by molar-refractivity contribution is 7.99. The average Bonchev–Trinajstić information content (AvgIpc) is 3.26. The second-order valence-electron chi connectivity index (χ2n) is 6.14. The molecule has 30 heavy (non-hydrogen) atoms. The molecule has 2 aromatic carbocycles. The summed E-state index contributed by atoms with van der Waals surface area (Å²) in [5, 5.41) is 15.0. The van der Waals surface area contributed by atoms with E-state index in [0.29, 0.717) is 52.7 Å². The van der Waals surface area contributed by atoms with E-state index in [9.17, 15) is 4.79 Å². The van der Waals surface area contributed by atoms with Crippen LogP contribution in [0.4, 0.5) is 5.69 Å². The standard InChI is InChI=1S/C19H19N5O5S/c1-26-14-8-13(9-15(10-14)27-2)24-19(21-22-23-24)30-11-18(25)20-12-3-4-16-17(7-12)29-6-5-28-16/h3-4,7-10H,5-6,11H2,1-2H3,(H,20,25). The van der Waals surface area contributed by atoms with E-state index < -0.39 is 0 Å². The van der Waals surface area contributed by atoms with Gasteiger partial charge in [-0.1, -0.05) is 11.8 Å². The van der Waals surface area contributed by atoms with Crippen molar-refractivity contribution < 1.29 is 23.7 Å². The third-order valence-electron chi connectivity index (χ3n) is 4.18. The molecule has 11 heteroatoms. The van der Waals surface area contributed by atoms with Gasteiger partial charge in [-0.25, -0.2) is 0 Å². The zero-order chi connectivity index (χ0) is 20.9. The molecule has 10 nitrogen and oxygen atoms in total. The minimum absolute atomic E-state index is 0.121. The average molecular weight is 429 g/mol. The highest BCUT2D eigenvalue weighted by Gasteiger charge is 2.15. The second-order valence-corrected chi connectivity index (χ2v) is 7.08. The Morgan fingerprint density at radius 1 is 1.10 bits per heavy atom. The number of carbonyl (C=O) groups is 1. The number of tetrazole rings is 1. The molecule has 0 aliphatic carbocycles. The van der Waals surface area contributed by atoms with Crippen molar-refractivity contribution in [3.63, 3.8) is 0 Å². The highest BCUT2D eigenvalue weighted by atomic mass is 32.2. The maximum atomic E-state index is 12.4. The van der Waals surface area contributed by atoms with Gasteiger partial charge >= 0.3 is 0 Å². The van der Waals surface area contributed by atoms with Gasteiger partial charge in [0.15, 0.2) is 11.5 Å². The molecule has 1 aliphatic heterocycles. The fraction of sp³-hybridized carbons (Fsp3) is 0.263. The summed E-state index contributed by atoms with van der Waals surface area (Å²) in [5.74, 6) is 2.41. The third kappa shape index (κ3) is 4.40. The molecular weight excluding hydrogens is 410 g/mol. The molecule has 1 amide bonds. The Morgan fingerprint density at radius 2 is 1.83 bits per heavy atom. The van der Waals surface area contributed by atoms with Crippen LogP contribution < -0.4 is 24.3 Å². The summed E-state index contributed by atoms with van der Waals surface area (Å²) < 4.78 is 23.1. The molecule has 4 rings (SSSR count). The molecule has 1 aromatic heterocycles. The number of thioether (sulfide) groups is 1. The maximum absolute atomic E-state index is 12.4. The number of fused-ring (bicyclic) bond motifs is 1. The number of methoxy groups -OCH3 is 2.